The topological polar surface area (TPSA) is 140 Å². The van der Waals surface area contributed by atoms with E-state index in [9.17, 15) is 24.3 Å². The molecule has 2 aliphatic rings. The lowest BCUT2D eigenvalue weighted by atomic mass is 9.77. The number of benzene rings is 2. The van der Waals surface area contributed by atoms with Crippen LogP contribution in [0.1, 0.15) is 52.0 Å². The molecule has 1 aliphatic carbocycles. The Balaban J connectivity index is 1.37. The van der Waals surface area contributed by atoms with Crippen molar-refractivity contribution in [2.24, 2.45) is 0 Å². The van der Waals surface area contributed by atoms with Gasteiger partial charge >= 0.3 is 12.2 Å². The van der Waals surface area contributed by atoms with Crippen molar-refractivity contribution in [2.45, 2.75) is 70.2 Å². The summed E-state index contributed by atoms with van der Waals surface area (Å²) in [5.41, 5.74) is -1.00. The zero-order chi connectivity index (χ0) is 30.9. The van der Waals surface area contributed by atoms with E-state index in [1.165, 1.54) is 18.0 Å². The van der Waals surface area contributed by atoms with Crippen LogP contribution in [0.25, 0.3) is 10.9 Å². The molecule has 1 saturated carbocycles. The lowest BCUT2D eigenvalue weighted by Crippen LogP contribution is -2.69. The molecule has 2 fully saturated rings. The summed E-state index contributed by atoms with van der Waals surface area (Å²) >= 11 is 0. The van der Waals surface area contributed by atoms with Gasteiger partial charge in [-0.1, -0.05) is 30.3 Å². The first-order valence-corrected chi connectivity index (χ1v) is 14.2. The van der Waals surface area contributed by atoms with Crippen LogP contribution in [0.4, 0.5) is 9.59 Å². The van der Waals surface area contributed by atoms with Crippen LogP contribution in [0.2, 0.25) is 0 Å². The zero-order valence-corrected chi connectivity index (χ0v) is 24.7. The van der Waals surface area contributed by atoms with Crippen LogP contribution in [0.3, 0.4) is 0 Å². The number of carbonyl (C=O) groups excluding carboxylic acids is 2. The van der Waals surface area contributed by atoms with Gasteiger partial charge in [0.05, 0.1) is 37.0 Å². The van der Waals surface area contributed by atoms with Crippen LogP contribution < -0.4 is 15.0 Å². The van der Waals surface area contributed by atoms with Gasteiger partial charge in [-0.3, -0.25) is 19.1 Å². The van der Waals surface area contributed by atoms with Gasteiger partial charge < -0.3 is 19.3 Å². The molecule has 0 radical (unpaired) electrons. The van der Waals surface area contributed by atoms with Crippen molar-refractivity contribution in [1.29, 1.82) is 0 Å². The van der Waals surface area contributed by atoms with Gasteiger partial charge in [-0.15, -0.1) is 0 Å². The fourth-order valence-corrected chi connectivity index (χ4v) is 5.81. The Kier molecular flexibility index (Phi) is 8.04. The number of carboxylic acid groups (broad SMARTS) is 1. The lowest BCUT2D eigenvalue weighted by molar-refractivity contribution is -0.152. The van der Waals surface area contributed by atoms with E-state index in [0.29, 0.717) is 41.8 Å². The molecule has 5 rings (SSSR count). The van der Waals surface area contributed by atoms with Crippen molar-refractivity contribution in [3.05, 3.63) is 64.7 Å². The number of rotatable bonds is 5. The number of hydrogen-bond donors (Lipinski definition) is 1. The van der Waals surface area contributed by atoms with Crippen molar-refractivity contribution < 1.29 is 33.7 Å². The van der Waals surface area contributed by atoms with Gasteiger partial charge in [0.15, 0.2) is 11.5 Å². The molecule has 43 heavy (non-hydrogen) atoms. The molecule has 1 saturated heterocycles. The molecule has 1 spiro atoms. The van der Waals surface area contributed by atoms with Gasteiger partial charge in [-0.2, -0.15) is 0 Å². The number of hydrogen-bond acceptors (Lipinski definition) is 8. The molecule has 0 unspecified atom stereocenters. The summed E-state index contributed by atoms with van der Waals surface area (Å²) < 4.78 is 18.8. The summed E-state index contributed by atoms with van der Waals surface area (Å²) in [6, 6.07) is 12.9. The van der Waals surface area contributed by atoms with Crippen LogP contribution in [-0.2, 0) is 16.1 Å². The molecule has 1 N–H and O–H groups in total. The van der Waals surface area contributed by atoms with Crippen LogP contribution >= 0.6 is 0 Å². The van der Waals surface area contributed by atoms with E-state index in [0.717, 1.165) is 15.4 Å². The lowest BCUT2D eigenvalue weighted by Gasteiger charge is -2.50. The summed E-state index contributed by atoms with van der Waals surface area (Å²) in [5.74, 6) is 0.174. The highest BCUT2D eigenvalue weighted by Crippen LogP contribution is 2.41. The average molecular weight is 593 g/mol. The Morgan fingerprint density at radius 3 is 2.37 bits per heavy atom. The van der Waals surface area contributed by atoms with Gasteiger partial charge in [0.25, 0.3) is 11.5 Å². The molecule has 228 valence electrons. The van der Waals surface area contributed by atoms with Crippen molar-refractivity contribution in [3.63, 3.8) is 0 Å². The van der Waals surface area contributed by atoms with Crippen molar-refractivity contribution in [1.82, 2.24) is 19.4 Å². The summed E-state index contributed by atoms with van der Waals surface area (Å²) in [5, 5.41) is 10.3. The third kappa shape index (κ3) is 5.99. The van der Waals surface area contributed by atoms with Crippen molar-refractivity contribution >= 4 is 29.0 Å². The maximum Gasteiger partial charge on any atom is 0.417 e. The first kappa shape index (κ1) is 29.9. The van der Waals surface area contributed by atoms with Gasteiger partial charge in [-0.25, -0.2) is 19.5 Å². The second kappa shape index (κ2) is 11.6. The molecule has 2 aromatic carbocycles. The third-order valence-electron chi connectivity index (χ3n) is 7.91. The van der Waals surface area contributed by atoms with Gasteiger partial charge in [0.2, 0.25) is 0 Å². The van der Waals surface area contributed by atoms with E-state index < -0.39 is 29.2 Å². The van der Waals surface area contributed by atoms with Crippen LogP contribution in [-0.4, -0.2) is 80.0 Å². The first-order chi connectivity index (χ1) is 20.4. The highest BCUT2D eigenvalue weighted by molar-refractivity contribution is 6.00. The number of nitrogens with zero attached hydrogens (tertiary/aromatic N) is 4. The number of fused-ring (bicyclic) bond motifs is 1. The molecule has 12 nitrogen and oxygen atoms in total. The molecular weight excluding hydrogens is 556 g/mol. The largest absolute Gasteiger partial charge is 0.493 e. The first-order valence-electron chi connectivity index (χ1n) is 14.2. The van der Waals surface area contributed by atoms with Crippen LogP contribution in [0, 0.1) is 0 Å². The fraction of sp³-hybridized carbons (Fsp3) is 0.452. The minimum absolute atomic E-state index is 0.00735. The number of ether oxygens (including phenoxy) is 3. The monoisotopic (exact) mass is 592 g/mol. The minimum atomic E-state index is -1.40. The predicted octanol–water partition coefficient (Wildman–Crippen LogP) is 4.27. The molecule has 3 amide bonds. The number of imide groups is 1. The van der Waals surface area contributed by atoms with Crippen molar-refractivity contribution in [3.8, 4) is 11.5 Å². The van der Waals surface area contributed by atoms with E-state index in [4.69, 9.17) is 14.2 Å². The quantitative estimate of drug-likeness (QED) is 0.460. The number of piperazine rings is 1. The van der Waals surface area contributed by atoms with E-state index in [-0.39, 0.29) is 37.6 Å². The summed E-state index contributed by atoms with van der Waals surface area (Å²) in [7, 11) is 1.50. The Morgan fingerprint density at radius 2 is 1.74 bits per heavy atom. The standard InChI is InChI=1S/C31H36N4O8/c1-30(2,3)43-29(40)34-14-15-35(28(38)39)31(27(34)37)12-10-21(11-13-31)42-25-16-22-23(17-24(25)41-4)32-19-33(26(22)36)18-20-8-6-5-7-9-20/h5-9,16-17,19,21H,10-15,18H2,1-4H3,(H,38,39). The van der Waals surface area contributed by atoms with E-state index in [1.807, 2.05) is 30.3 Å². The molecule has 1 aliphatic heterocycles. The average Bonchev–Trinajstić information content (AvgIpc) is 2.96. The second-order valence-electron chi connectivity index (χ2n) is 11.9. The van der Waals surface area contributed by atoms with Gasteiger partial charge in [0.1, 0.15) is 11.1 Å². The van der Waals surface area contributed by atoms with E-state index in [2.05, 4.69) is 4.98 Å². The summed E-state index contributed by atoms with van der Waals surface area (Å²) in [6.07, 6.45) is 0.107. The minimum Gasteiger partial charge on any atom is -0.493 e. The number of amides is 3. The van der Waals surface area contributed by atoms with E-state index >= 15 is 0 Å². The Morgan fingerprint density at radius 1 is 1.05 bits per heavy atom. The Labute approximate surface area is 248 Å². The molecule has 2 heterocycles. The SMILES string of the molecule is COc1cc2ncn(Cc3ccccc3)c(=O)c2cc1OC1CCC2(CC1)C(=O)N(C(=O)OC(C)(C)C)CCN2C(=O)O. The number of carbonyl (C=O) groups is 3. The Bertz CT molecular complexity index is 1590. The third-order valence-corrected chi connectivity index (χ3v) is 7.91. The summed E-state index contributed by atoms with van der Waals surface area (Å²) in [6.45, 7) is 5.40. The maximum absolute atomic E-state index is 13.7. The molecular formula is C31H36N4O8. The molecule has 1 aromatic heterocycles. The highest BCUT2D eigenvalue weighted by atomic mass is 16.6. The highest BCUT2D eigenvalue weighted by Gasteiger charge is 2.55. The number of aromatic nitrogens is 2. The molecule has 0 bridgehead atoms. The van der Waals surface area contributed by atoms with Gasteiger partial charge in [-0.05, 0) is 58.1 Å². The fourth-order valence-electron chi connectivity index (χ4n) is 5.81. The maximum atomic E-state index is 13.7. The second-order valence-corrected chi connectivity index (χ2v) is 11.9. The smallest absolute Gasteiger partial charge is 0.417 e. The molecule has 12 heteroatoms. The van der Waals surface area contributed by atoms with Gasteiger partial charge in [0, 0.05) is 19.2 Å². The van der Waals surface area contributed by atoms with Crippen molar-refractivity contribution in [2.75, 3.05) is 20.2 Å². The normalized spacial score (nSPS) is 20.7. The molecule has 3 aromatic rings. The zero-order valence-electron chi connectivity index (χ0n) is 24.7. The number of methoxy groups -OCH3 is 1. The van der Waals surface area contributed by atoms with Crippen LogP contribution in [0.5, 0.6) is 11.5 Å². The summed E-state index contributed by atoms with van der Waals surface area (Å²) in [4.78, 5) is 58.7. The molecule has 0 atom stereocenters. The Hall–Kier alpha value is -4.61. The predicted molar refractivity (Wildman–Crippen MR) is 156 cm³/mol. The van der Waals surface area contributed by atoms with Crippen LogP contribution in [0.15, 0.2) is 53.6 Å². The van der Waals surface area contributed by atoms with E-state index in [1.54, 1.807) is 32.9 Å².